The highest BCUT2D eigenvalue weighted by atomic mass is 19.4. The van der Waals surface area contributed by atoms with E-state index in [1.165, 1.54) is 0 Å². The Morgan fingerprint density at radius 2 is 0.500 bits per heavy atom. The van der Waals surface area contributed by atoms with E-state index < -0.39 is 47.8 Å². The summed E-state index contributed by atoms with van der Waals surface area (Å²) in [4.78, 5) is 0. The molecule has 0 fully saturated rings. The number of rotatable bonds is 6. The number of halogens is 16. The minimum atomic E-state index is -8.61. The van der Waals surface area contributed by atoms with Crippen LogP contribution in [0.2, 0.25) is 0 Å². The first kappa shape index (κ1) is 24.8. The number of aliphatic hydroxyl groups is 2. The summed E-state index contributed by atoms with van der Waals surface area (Å²) in [6.45, 7) is 0. The Morgan fingerprint density at radius 3 is 0.692 bits per heavy atom. The summed E-state index contributed by atoms with van der Waals surface area (Å²) < 4.78 is 199. The minimum Gasteiger partial charge on any atom is -0.335 e. The van der Waals surface area contributed by atoms with Gasteiger partial charge in [-0.1, -0.05) is 0 Å². The first-order chi connectivity index (χ1) is 10.8. The van der Waals surface area contributed by atoms with Gasteiger partial charge in [0, 0.05) is 0 Å². The van der Waals surface area contributed by atoms with Crippen molar-refractivity contribution in [2.24, 2.45) is 0 Å². The van der Waals surface area contributed by atoms with Crippen LogP contribution >= 0.6 is 0 Å². The first-order valence-electron chi connectivity index (χ1n) is 5.22. The summed E-state index contributed by atoms with van der Waals surface area (Å²) in [5, 5.41) is 15.1. The second-order valence-corrected chi connectivity index (χ2v) is 4.53. The van der Waals surface area contributed by atoms with Crippen molar-refractivity contribution in [2.45, 2.75) is 47.8 Å². The standard InChI is InChI=1S/C8H2F16O2/c9-1(10,3(13,14)5(17,18)7(21,22)23)2(11,12)4(15,16)6(19,20)8(24,25)26/h25-26H. The summed E-state index contributed by atoms with van der Waals surface area (Å²) in [6, 6.07) is -6.81. The van der Waals surface area contributed by atoms with E-state index in [-0.39, 0.29) is 0 Å². The van der Waals surface area contributed by atoms with Crippen LogP contribution in [-0.4, -0.2) is 58.0 Å². The third-order valence-electron chi connectivity index (χ3n) is 2.73. The molecule has 18 heteroatoms. The molecule has 0 spiro atoms. The quantitative estimate of drug-likeness (QED) is 0.491. The topological polar surface area (TPSA) is 40.5 Å². The lowest BCUT2D eigenvalue weighted by Crippen LogP contribution is -2.74. The number of hydrogen-bond acceptors (Lipinski definition) is 2. The SMILES string of the molecule is OC(O)(F)C(F)(F)C(F)(F)C(F)(F)C(F)(F)C(F)(F)C(F)(F)C(F)(F)F. The van der Waals surface area contributed by atoms with Crippen LogP contribution in [0.1, 0.15) is 0 Å². The molecule has 2 nitrogen and oxygen atoms in total. The average Bonchev–Trinajstić information content (AvgIpc) is 2.34. The molecule has 0 rings (SSSR count). The van der Waals surface area contributed by atoms with Crippen LogP contribution in [0.25, 0.3) is 0 Å². The molecule has 0 aliphatic rings. The zero-order valence-electron chi connectivity index (χ0n) is 10.9. The fourth-order valence-electron chi connectivity index (χ4n) is 1.17. The molecule has 0 aromatic heterocycles. The van der Waals surface area contributed by atoms with Gasteiger partial charge in [-0.25, -0.2) is 0 Å². The van der Waals surface area contributed by atoms with Crippen LogP contribution in [0.4, 0.5) is 70.2 Å². The molecular formula is C8H2F16O2. The van der Waals surface area contributed by atoms with E-state index in [9.17, 15) is 70.2 Å². The molecule has 0 radical (unpaired) electrons. The maximum absolute atomic E-state index is 12.9. The summed E-state index contributed by atoms with van der Waals surface area (Å²) in [7, 11) is 0. The molecule has 0 aliphatic heterocycles. The lowest BCUT2D eigenvalue weighted by Gasteiger charge is -2.42. The van der Waals surface area contributed by atoms with E-state index in [0.29, 0.717) is 0 Å². The van der Waals surface area contributed by atoms with E-state index in [0.717, 1.165) is 0 Å². The number of hydrogen-bond donors (Lipinski definition) is 2. The molecule has 0 amide bonds. The van der Waals surface area contributed by atoms with Crippen LogP contribution < -0.4 is 0 Å². The molecule has 0 aliphatic carbocycles. The van der Waals surface area contributed by atoms with E-state index in [2.05, 4.69) is 0 Å². The Hall–Kier alpha value is -1.20. The van der Waals surface area contributed by atoms with Gasteiger partial charge in [0.1, 0.15) is 0 Å². The molecular weight excluding hydrogens is 432 g/mol. The molecule has 26 heavy (non-hydrogen) atoms. The van der Waals surface area contributed by atoms with Crippen molar-refractivity contribution in [3.05, 3.63) is 0 Å². The van der Waals surface area contributed by atoms with Crippen LogP contribution in [0.3, 0.4) is 0 Å². The first-order valence-corrected chi connectivity index (χ1v) is 5.22. The predicted octanol–water partition coefficient (Wildman–Crippen LogP) is 3.97. The molecule has 0 aromatic rings. The van der Waals surface area contributed by atoms with Gasteiger partial charge in [-0.05, 0) is 0 Å². The van der Waals surface area contributed by atoms with Crippen molar-refractivity contribution in [1.29, 1.82) is 0 Å². The van der Waals surface area contributed by atoms with Crippen molar-refractivity contribution < 1.29 is 80.5 Å². The molecule has 0 bridgehead atoms. The van der Waals surface area contributed by atoms with Crippen molar-refractivity contribution >= 4 is 0 Å². The molecule has 0 aromatic carbocycles. The predicted molar refractivity (Wildman–Crippen MR) is 44.0 cm³/mol. The maximum Gasteiger partial charge on any atom is 0.460 e. The molecule has 2 N–H and O–H groups in total. The van der Waals surface area contributed by atoms with E-state index in [1.54, 1.807) is 0 Å². The molecule has 0 unspecified atom stereocenters. The van der Waals surface area contributed by atoms with E-state index in [4.69, 9.17) is 10.2 Å². The van der Waals surface area contributed by atoms with Gasteiger partial charge < -0.3 is 10.2 Å². The Bertz CT molecular complexity index is 477. The van der Waals surface area contributed by atoms with Crippen molar-refractivity contribution in [3.63, 3.8) is 0 Å². The van der Waals surface area contributed by atoms with Crippen LogP contribution in [-0.2, 0) is 0 Å². The van der Waals surface area contributed by atoms with Crippen molar-refractivity contribution in [2.75, 3.05) is 0 Å². The van der Waals surface area contributed by atoms with Gasteiger partial charge in [0.05, 0.1) is 0 Å². The molecule has 0 saturated carbocycles. The van der Waals surface area contributed by atoms with Crippen LogP contribution in [0.5, 0.6) is 0 Å². The highest BCUT2D eigenvalue weighted by molar-refractivity contribution is 5.13. The third-order valence-corrected chi connectivity index (χ3v) is 2.73. The smallest absolute Gasteiger partial charge is 0.335 e. The van der Waals surface area contributed by atoms with Gasteiger partial charge in [0.15, 0.2) is 0 Å². The summed E-state index contributed by atoms with van der Waals surface area (Å²) >= 11 is 0. The average molecular weight is 434 g/mol. The number of alkyl halides is 16. The fraction of sp³-hybridized carbons (Fsp3) is 1.00. The van der Waals surface area contributed by atoms with Gasteiger partial charge in [0.25, 0.3) is 0 Å². The fourth-order valence-corrected chi connectivity index (χ4v) is 1.17. The van der Waals surface area contributed by atoms with Gasteiger partial charge in [-0.15, -0.1) is 0 Å². The minimum absolute atomic E-state index is 6.81. The monoisotopic (exact) mass is 434 g/mol. The van der Waals surface area contributed by atoms with Gasteiger partial charge in [0.2, 0.25) is 0 Å². The largest absolute Gasteiger partial charge is 0.460 e. The van der Waals surface area contributed by atoms with Crippen LogP contribution in [0, 0.1) is 0 Å². The van der Waals surface area contributed by atoms with Crippen molar-refractivity contribution in [3.8, 4) is 0 Å². The van der Waals surface area contributed by atoms with Gasteiger partial charge in [-0.2, -0.15) is 70.2 Å². The zero-order valence-corrected chi connectivity index (χ0v) is 10.9. The van der Waals surface area contributed by atoms with E-state index in [1.807, 2.05) is 0 Å². The second-order valence-electron chi connectivity index (χ2n) is 4.53. The summed E-state index contributed by atoms with van der Waals surface area (Å²) in [5.74, 6) is -49.9. The molecule has 0 atom stereocenters. The van der Waals surface area contributed by atoms with Gasteiger partial charge >= 0.3 is 47.8 Å². The maximum atomic E-state index is 12.9. The normalized spacial score (nSPS) is 16.8. The highest BCUT2D eigenvalue weighted by Gasteiger charge is 2.95. The lowest BCUT2D eigenvalue weighted by atomic mass is 9.90. The summed E-state index contributed by atoms with van der Waals surface area (Å²) in [5.41, 5.74) is 0. The Balaban J connectivity index is 6.61. The summed E-state index contributed by atoms with van der Waals surface area (Å²) in [6.07, 6.45) is -7.76. The van der Waals surface area contributed by atoms with Gasteiger partial charge in [-0.3, -0.25) is 0 Å². The highest BCUT2D eigenvalue weighted by Crippen LogP contribution is 2.63. The Kier molecular flexibility index (Phi) is 5.39. The second kappa shape index (κ2) is 5.65. The van der Waals surface area contributed by atoms with Crippen molar-refractivity contribution in [1.82, 2.24) is 0 Å². The lowest BCUT2D eigenvalue weighted by molar-refractivity contribution is -0.483. The molecule has 0 heterocycles. The Morgan fingerprint density at radius 1 is 0.308 bits per heavy atom. The molecule has 158 valence electrons. The molecule has 0 saturated heterocycles. The Labute approximate surface area is 130 Å². The van der Waals surface area contributed by atoms with E-state index >= 15 is 0 Å². The van der Waals surface area contributed by atoms with Crippen LogP contribution in [0.15, 0.2) is 0 Å². The zero-order chi connectivity index (χ0) is 22.0. The third kappa shape index (κ3) is 2.84.